The number of piperazine rings is 1. The summed E-state index contributed by atoms with van der Waals surface area (Å²) in [6.45, 7) is 10.1. The number of nitrogens with zero attached hydrogens (tertiary/aromatic N) is 2. The fourth-order valence-electron chi connectivity index (χ4n) is 6.01. The average molecular weight is 513 g/mol. The molecule has 8 heteroatoms. The maximum absolute atomic E-state index is 12.1. The molecule has 7 nitrogen and oxygen atoms in total. The number of fused-ring (bicyclic) bond motifs is 3. The Morgan fingerprint density at radius 1 is 1.03 bits per heavy atom. The zero-order valence-electron chi connectivity index (χ0n) is 20.8. The number of hydrogen-bond acceptors (Lipinski definition) is 7. The SMILES string of the molecule is Cc1c([C@@H]2CN3CCN(CCc4ccc5c(c4)CC(C)OC5=O)C[C@H]3CO2)ccc2c1COC2=O.Cl. The predicted octanol–water partition coefficient (Wildman–Crippen LogP) is 3.49. The number of hydrogen-bond donors (Lipinski definition) is 0. The van der Waals surface area contributed by atoms with Gasteiger partial charge in [-0.1, -0.05) is 18.2 Å². The molecule has 3 atom stereocenters. The highest BCUT2D eigenvalue weighted by atomic mass is 35.5. The Morgan fingerprint density at radius 2 is 1.86 bits per heavy atom. The molecule has 0 bridgehead atoms. The second-order valence-electron chi connectivity index (χ2n) is 10.3. The van der Waals surface area contributed by atoms with Gasteiger partial charge < -0.3 is 19.1 Å². The van der Waals surface area contributed by atoms with Crippen molar-refractivity contribution < 1.29 is 23.8 Å². The Labute approximate surface area is 218 Å². The van der Waals surface area contributed by atoms with E-state index in [4.69, 9.17) is 14.2 Å². The molecule has 2 aromatic carbocycles. The molecule has 4 aliphatic heterocycles. The molecule has 1 unspecified atom stereocenters. The summed E-state index contributed by atoms with van der Waals surface area (Å²) in [5.74, 6) is -0.420. The summed E-state index contributed by atoms with van der Waals surface area (Å²) in [6, 6.07) is 10.5. The summed E-state index contributed by atoms with van der Waals surface area (Å²) >= 11 is 0. The summed E-state index contributed by atoms with van der Waals surface area (Å²) in [5, 5.41) is 0. The molecule has 0 saturated carbocycles. The highest BCUT2D eigenvalue weighted by molar-refractivity contribution is 5.94. The third-order valence-electron chi connectivity index (χ3n) is 8.06. The first kappa shape index (κ1) is 25.2. The number of halogens is 1. The monoisotopic (exact) mass is 512 g/mol. The maximum atomic E-state index is 12.1. The number of carbonyl (C=O) groups is 2. The fourth-order valence-corrected chi connectivity index (χ4v) is 6.01. The Kier molecular flexibility index (Phi) is 7.10. The highest BCUT2D eigenvalue weighted by Gasteiger charge is 2.35. The van der Waals surface area contributed by atoms with Crippen molar-refractivity contribution in [2.24, 2.45) is 0 Å². The summed E-state index contributed by atoms with van der Waals surface area (Å²) in [5.41, 5.74) is 7.12. The molecule has 2 saturated heterocycles. The van der Waals surface area contributed by atoms with Crippen LogP contribution in [0, 0.1) is 6.92 Å². The standard InChI is InChI=1S/C28H32N2O5.ClH/c1-17-11-20-12-19(3-4-23(20)28(32)35-17)7-8-29-9-10-30-14-26(33-15-21(30)13-29)22-5-6-24-25(18(22)2)16-34-27(24)31;/h3-6,12,17,21,26H,7-11,13-16H2,1-2H3;1H/t17?,21-,26-;/m0./s1. The Morgan fingerprint density at radius 3 is 2.72 bits per heavy atom. The summed E-state index contributed by atoms with van der Waals surface area (Å²) in [6.07, 6.45) is 1.75. The minimum atomic E-state index is -0.220. The Hall–Kier alpha value is -2.45. The second kappa shape index (κ2) is 10.1. The van der Waals surface area contributed by atoms with E-state index in [0.717, 1.165) is 62.3 Å². The first-order chi connectivity index (χ1) is 17.0. The van der Waals surface area contributed by atoms with Crippen LogP contribution in [0.3, 0.4) is 0 Å². The van der Waals surface area contributed by atoms with Crippen LogP contribution in [-0.4, -0.2) is 73.2 Å². The van der Waals surface area contributed by atoms with Crippen LogP contribution in [0.5, 0.6) is 0 Å². The first-order valence-corrected chi connectivity index (χ1v) is 12.7. The van der Waals surface area contributed by atoms with E-state index in [-0.39, 0.29) is 36.6 Å². The number of esters is 2. The number of carbonyl (C=O) groups excluding carboxylic acids is 2. The van der Waals surface area contributed by atoms with Crippen molar-refractivity contribution in [1.82, 2.24) is 9.80 Å². The van der Waals surface area contributed by atoms with Crippen molar-refractivity contribution in [2.45, 2.75) is 51.5 Å². The lowest BCUT2D eigenvalue weighted by Gasteiger charge is -2.46. The van der Waals surface area contributed by atoms with Crippen molar-refractivity contribution in [3.63, 3.8) is 0 Å². The molecule has 0 amide bonds. The van der Waals surface area contributed by atoms with Crippen LogP contribution in [0.15, 0.2) is 30.3 Å². The van der Waals surface area contributed by atoms with E-state index in [1.807, 2.05) is 25.1 Å². The van der Waals surface area contributed by atoms with Gasteiger partial charge in [0.05, 0.1) is 23.8 Å². The smallest absolute Gasteiger partial charge is 0.338 e. The first-order valence-electron chi connectivity index (χ1n) is 12.7. The van der Waals surface area contributed by atoms with Crippen LogP contribution in [0.2, 0.25) is 0 Å². The van der Waals surface area contributed by atoms with Crippen molar-refractivity contribution in [1.29, 1.82) is 0 Å². The van der Waals surface area contributed by atoms with E-state index in [9.17, 15) is 9.59 Å². The quantitative estimate of drug-likeness (QED) is 0.581. The molecule has 4 aliphatic rings. The van der Waals surface area contributed by atoms with Crippen molar-refractivity contribution in [3.05, 3.63) is 69.3 Å². The number of rotatable bonds is 4. The van der Waals surface area contributed by atoms with E-state index in [1.54, 1.807) is 0 Å². The molecule has 2 aromatic rings. The minimum absolute atomic E-state index is 0. The highest BCUT2D eigenvalue weighted by Crippen LogP contribution is 2.33. The van der Waals surface area contributed by atoms with Gasteiger partial charge in [-0.05, 0) is 54.7 Å². The fraction of sp³-hybridized carbons (Fsp3) is 0.500. The lowest BCUT2D eigenvalue weighted by atomic mass is 9.94. The Bertz CT molecular complexity index is 1180. The van der Waals surface area contributed by atoms with Crippen molar-refractivity contribution >= 4 is 24.3 Å². The molecule has 6 rings (SSSR count). The third-order valence-corrected chi connectivity index (χ3v) is 8.06. The molecule has 192 valence electrons. The van der Waals surface area contributed by atoms with Crippen LogP contribution in [0.4, 0.5) is 0 Å². The van der Waals surface area contributed by atoms with E-state index >= 15 is 0 Å². The van der Waals surface area contributed by atoms with Gasteiger partial charge >= 0.3 is 11.9 Å². The molecular formula is C28H33ClN2O5. The molecule has 0 spiro atoms. The van der Waals surface area contributed by atoms with E-state index in [2.05, 4.69) is 28.9 Å². The molecule has 0 aliphatic carbocycles. The molecule has 2 fully saturated rings. The lowest BCUT2D eigenvalue weighted by Crippen LogP contribution is -2.58. The number of benzene rings is 2. The van der Waals surface area contributed by atoms with Gasteiger partial charge in [-0.3, -0.25) is 4.90 Å². The summed E-state index contributed by atoms with van der Waals surface area (Å²) in [4.78, 5) is 29.0. The van der Waals surface area contributed by atoms with Gasteiger partial charge in [0.1, 0.15) is 12.7 Å². The van der Waals surface area contributed by atoms with Gasteiger partial charge in [0.25, 0.3) is 0 Å². The zero-order valence-corrected chi connectivity index (χ0v) is 21.6. The van der Waals surface area contributed by atoms with Crippen LogP contribution in [0.25, 0.3) is 0 Å². The lowest BCUT2D eigenvalue weighted by molar-refractivity contribution is -0.0903. The summed E-state index contributed by atoms with van der Waals surface area (Å²) in [7, 11) is 0. The van der Waals surface area contributed by atoms with Gasteiger partial charge in [0.15, 0.2) is 0 Å². The van der Waals surface area contributed by atoms with E-state index in [0.29, 0.717) is 30.4 Å². The topological polar surface area (TPSA) is 68.3 Å². The number of cyclic esters (lactones) is 2. The van der Waals surface area contributed by atoms with Crippen LogP contribution in [-0.2, 0) is 33.7 Å². The zero-order chi connectivity index (χ0) is 24.1. The van der Waals surface area contributed by atoms with Gasteiger partial charge in [0.2, 0.25) is 0 Å². The van der Waals surface area contributed by atoms with Gasteiger partial charge in [-0.2, -0.15) is 0 Å². The average Bonchev–Trinajstić information content (AvgIpc) is 3.23. The molecule has 0 N–H and O–H groups in total. The second-order valence-corrected chi connectivity index (χ2v) is 10.3. The van der Waals surface area contributed by atoms with E-state index in [1.165, 1.54) is 11.1 Å². The van der Waals surface area contributed by atoms with Crippen LogP contribution >= 0.6 is 12.4 Å². The number of ether oxygens (including phenoxy) is 3. The van der Waals surface area contributed by atoms with E-state index < -0.39 is 0 Å². The molecule has 0 aromatic heterocycles. The van der Waals surface area contributed by atoms with Crippen molar-refractivity contribution in [2.75, 3.05) is 39.3 Å². The normalized spacial score (nSPS) is 25.8. The van der Waals surface area contributed by atoms with Gasteiger partial charge in [0, 0.05) is 50.7 Å². The van der Waals surface area contributed by atoms with Gasteiger partial charge in [-0.25, -0.2) is 9.59 Å². The molecular weight excluding hydrogens is 480 g/mol. The maximum Gasteiger partial charge on any atom is 0.338 e. The largest absolute Gasteiger partial charge is 0.459 e. The molecule has 0 radical (unpaired) electrons. The minimum Gasteiger partial charge on any atom is -0.459 e. The third kappa shape index (κ3) is 4.65. The Balaban J connectivity index is 0.00000267. The number of morpholine rings is 1. The summed E-state index contributed by atoms with van der Waals surface area (Å²) < 4.78 is 16.9. The molecule has 4 heterocycles. The van der Waals surface area contributed by atoms with Gasteiger partial charge in [-0.15, -0.1) is 12.4 Å². The van der Waals surface area contributed by atoms with Crippen LogP contribution < -0.4 is 0 Å². The molecule has 36 heavy (non-hydrogen) atoms. The predicted molar refractivity (Wildman–Crippen MR) is 137 cm³/mol. The van der Waals surface area contributed by atoms with Crippen LogP contribution in [0.1, 0.15) is 61.6 Å². The van der Waals surface area contributed by atoms with Crippen molar-refractivity contribution in [3.8, 4) is 0 Å².